The minimum Gasteiger partial charge on any atom is -0.320 e. The minimum atomic E-state index is -0.356. The van der Waals surface area contributed by atoms with E-state index >= 15 is 0 Å². The zero-order valence-electron chi connectivity index (χ0n) is 16.1. The Morgan fingerprint density at radius 2 is 1.75 bits per heavy atom. The number of rotatable bonds is 6. The van der Waals surface area contributed by atoms with Crippen LogP contribution in [0.2, 0.25) is 0 Å². The van der Waals surface area contributed by atoms with Crippen molar-refractivity contribution in [2.45, 2.75) is 33.4 Å². The van der Waals surface area contributed by atoms with E-state index in [1.807, 2.05) is 18.2 Å². The highest BCUT2D eigenvalue weighted by molar-refractivity contribution is 7.13. The number of halogens is 1. The highest BCUT2D eigenvalue weighted by atomic mass is 32.1. The summed E-state index contributed by atoms with van der Waals surface area (Å²) in [7, 11) is 0. The van der Waals surface area contributed by atoms with Crippen LogP contribution in [0.15, 0.2) is 54.6 Å². The molecule has 2 aromatic carbocycles. The van der Waals surface area contributed by atoms with Crippen LogP contribution in [0.5, 0.6) is 0 Å². The van der Waals surface area contributed by atoms with E-state index in [1.165, 1.54) is 41.2 Å². The van der Waals surface area contributed by atoms with Gasteiger partial charge in [-0.3, -0.25) is 4.79 Å². The summed E-state index contributed by atoms with van der Waals surface area (Å²) in [5.74, 6) is -0.708. The van der Waals surface area contributed by atoms with Gasteiger partial charge in [0.15, 0.2) is 0 Å². The van der Waals surface area contributed by atoms with Crippen LogP contribution >= 0.6 is 11.3 Å². The maximum absolute atomic E-state index is 13.0. The Kier molecular flexibility index (Phi) is 6.16. The van der Waals surface area contributed by atoms with Crippen molar-refractivity contribution in [1.82, 2.24) is 15.5 Å². The van der Waals surface area contributed by atoms with Crippen LogP contribution in [0.3, 0.4) is 0 Å². The van der Waals surface area contributed by atoms with E-state index in [1.54, 1.807) is 0 Å². The molecular formula is C21H23FN4OS. The van der Waals surface area contributed by atoms with Gasteiger partial charge >= 0.3 is 0 Å². The third kappa shape index (κ3) is 5.21. The molecule has 0 aliphatic rings. The third-order valence-electron chi connectivity index (χ3n) is 4.22. The van der Waals surface area contributed by atoms with Gasteiger partial charge in [-0.05, 0) is 35.2 Å². The Bertz CT molecular complexity index is 920. The van der Waals surface area contributed by atoms with Gasteiger partial charge in [0, 0.05) is 11.7 Å². The highest BCUT2D eigenvalue weighted by Gasteiger charge is 2.26. The van der Waals surface area contributed by atoms with Crippen LogP contribution in [0, 0.1) is 11.2 Å². The number of amides is 1. The summed E-state index contributed by atoms with van der Waals surface area (Å²) < 4.78 is 13.0. The van der Waals surface area contributed by atoms with Gasteiger partial charge < -0.3 is 10.6 Å². The van der Waals surface area contributed by atoms with Gasteiger partial charge in [-0.25, -0.2) is 4.39 Å². The fourth-order valence-corrected chi connectivity index (χ4v) is 3.58. The van der Waals surface area contributed by atoms with Crippen molar-refractivity contribution in [3.63, 3.8) is 0 Å². The molecule has 5 nitrogen and oxygen atoms in total. The molecule has 0 saturated carbocycles. The molecule has 1 heterocycles. The van der Waals surface area contributed by atoms with Crippen molar-refractivity contribution in [3.8, 4) is 0 Å². The zero-order valence-corrected chi connectivity index (χ0v) is 16.9. The first kappa shape index (κ1) is 20.1. The third-order valence-corrected chi connectivity index (χ3v) is 5.14. The van der Waals surface area contributed by atoms with Gasteiger partial charge in [-0.1, -0.05) is 62.4 Å². The first-order valence-corrected chi connectivity index (χ1v) is 9.82. The molecule has 146 valence electrons. The van der Waals surface area contributed by atoms with E-state index in [4.69, 9.17) is 0 Å². The van der Waals surface area contributed by atoms with Gasteiger partial charge in [0.1, 0.15) is 10.8 Å². The number of carbonyl (C=O) groups excluding carboxylic acids is 1. The van der Waals surface area contributed by atoms with Crippen LogP contribution in [0.1, 0.15) is 47.2 Å². The standard InChI is InChI=1S/C21H23FN4OS/c1-21(2,3)18(14-7-5-4-6-8-14)23-13-17-25-26-20(28-17)19(27)24-16-11-9-15(22)10-12-16/h4-12,18,23H,13H2,1-3H3,(H,24,27). The molecule has 3 aromatic rings. The molecule has 1 aromatic heterocycles. The van der Waals surface area contributed by atoms with E-state index < -0.39 is 0 Å². The number of benzene rings is 2. The summed E-state index contributed by atoms with van der Waals surface area (Å²) in [6.07, 6.45) is 0. The summed E-state index contributed by atoms with van der Waals surface area (Å²) >= 11 is 1.24. The summed E-state index contributed by atoms with van der Waals surface area (Å²) in [6.45, 7) is 7.05. The number of aromatic nitrogens is 2. The fraction of sp³-hybridized carbons (Fsp3) is 0.286. The van der Waals surface area contributed by atoms with Gasteiger partial charge in [0.2, 0.25) is 5.01 Å². The molecule has 0 radical (unpaired) electrons. The van der Waals surface area contributed by atoms with Crippen LogP contribution in [0.4, 0.5) is 10.1 Å². The van der Waals surface area contributed by atoms with E-state index in [0.717, 1.165) is 5.01 Å². The number of anilines is 1. The van der Waals surface area contributed by atoms with Crippen molar-refractivity contribution >= 4 is 22.9 Å². The molecule has 1 atom stereocenters. The van der Waals surface area contributed by atoms with Crippen molar-refractivity contribution < 1.29 is 9.18 Å². The van der Waals surface area contributed by atoms with Gasteiger partial charge in [-0.2, -0.15) is 0 Å². The second-order valence-electron chi connectivity index (χ2n) is 7.55. The first-order valence-electron chi connectivity index (χ1n) is 9.00. The lowest BCUT2D eigenvalue weighted by Crippen LogP contribution is -2.32. The van der Waals surface area contributed by atoms with Crippen molar-refractivity contribution in [3.05, 3.63) is 76.0 Å². The van der Waals surface area contributed by atoms with Gasteiger partial charge in [0.25, 0.3) is 5.91 Å². The molecule has 1 amide bonds. The lowest BCUT2D eigenvalue weighted by molar-refractivity contribution is 0.102. The summed E-state index contributed by atoms with van der Waals surface area (Å²) in [4.78, 5) is 12.3. The Balaban J connectivity index is 1.65. The number of hydrogen-bond donors (Lipinski definition) is 2. The molecule has 0 aliphatic carbocycles. The van der Waals surface area contributed by atoms with Gasteiger partial charge in [-0.15, -0.1) is 10.2 Å². The average molecular weight is 399 g/mol. The predicted octanol–water partition coefficient (Wildman–Crippen LogP) is 4.81. The molecule has 0 fully saturated rings. The van der Waals surface area contributed by atoms with E-state index in [-0.39, 0.29) is 28.2 Å². The summed E-state index contributed by atoms with van der Waals surface area (Å²) in [6, 6.07) is 16.0. The quantitative estimate of drug-likeness (QED) is 0.625. The Hall–Kier alpha value is -2.64. The number of carbonyl (C=O) groups is 1. The molecule has 0 aliphatic heterocycles. The largest absolute Gasteiger partial charge is 0.320 e. The summed E-state index contributed by atoms with van der Waals surface area (Å²) in [5, 5.41) is 15.3. The van der Waals surface area contributed by atoms with E-state index in [0.29, 0.717) is 12.2 Å². The van der Waals surface area contributed by atoms with Crippen LogP contribution in [-0.2, 0) is 6.54 Å². The molecule has 7 heteroatoms. The van der Waals surface area contributed by atoms with Crippen molar-refractivity contribution in [2.24, 2.45) is 5.41 Å². The molecule has 0 bridgehead atoms. The zero-order chi connectivity index (χ0) is 20.1. The van der Waals surface area contributed by atoms with Crippen molar-refractivity contribution in [2.75, 3.05) is 5.32 Å². The highest BCUT2D eigenvalue weighted by Crippen LogP contribution is 2.33. The van der Waals surface area contributed by atoms with Crippen LogP contribution < -0.4 is 10.6 Å². The molecule has 0 spiro atoms. The SMILES string of the molecule is CC(C)(C)C(NCc1nnc(C(=O)Nc2ccc(F)cc2)s1)c1ccccc1. The molecule has 2 N–H and O–H groups in total. The van der Waals surface area contributed by atoms with E-state index in [9.17, 15) is 9.18 Å². The normalized spacial score (nSPS) is 12.6. The Morgan fingerprint density at radius 1 is 1.07 bits per heavy atom. The molecular weight excluding hydrogens is 375 g/mol. The average Bonchev–Trinajstić information content (AvgIpc) is 3.13. The Morgan fingerprint density at radius 3 is 2.39 bits per heavy atom. The monoisotopic (exact) mass is 398 g/mol. The lowest BCUT2D eigenvalue weighted by Gasteiger charge is -2.32. The topological polar surface area (TPSA) is 66.9 Å². The van der Waals surface area contributed by atoms with Crippen molar-refractivity contribution in [1.29, 1.82) is 0 Å². The molecule has 1 unspecified atom stereocenters. The second kappa shape index (κ2) is 8.58. The molecule has 3 rings (SSSR count). The number of nitrogens with one attached hydrogen (secondary N) is 2. The van der Waals surface area contributed by atoms with E-state index in [2.05, 4.69) is 53.7 Å². The fourth-order valence-electron chi connectivity index (χ4n) is 2.89. The maximum atomic E-state index is 13.0. The summed E-state index contributed by atoms with van der Waals surface area (Å²) in [5.41, 5.74) is 1.72. The maximum Gasteiger partial charge on any atom is 0.286 e. The first-order chi connectivity index (χ1) is 13.3. The van der Waals surface area contributed by atoms with Gasteiger partial charge in [0.05, 0.1) is 6.54 Å². The number of nitrogens with zero attached hydrogens (tertiary/aromatic N) is 2. The van der Waals surface area contributed by atoms with Crippen LogP contribution in [0.25, 0.3) is 0 Å². The Labute approximate surface area is 168 Å². The van der Waals surface area contributed by atoms with Crippen LogP contribution in [-0.4, -0.2) is 16.1 Å². The molecule has 0 saturated heterocycles. The smallest absolute Gasteiger partial charge is 0.286 e. The second-order valence-corrected chi connectivity index (χ2v) is 8.61. The minimum absolute atomic E-state index is 0.00876. The lowest BCUT2D eigenvalue weighted by atomic mass is 9.82. The molecule has 28 heavy (non-hydrogen) atoms. The number of hydrogen-bond acceptors (Lipinski definition) is 5. The predicted molar refractivity (Wildman–Crippen MR) is 110 cm³/mol.